The maximum Gasteiger partial charge on any atom is 0.232 e. The molecule has 1 aromatic rings. The first kappa shape index (κ1) is 18.6. The highest BCUT2D eigenvalue weighted by Crippen LogP contribution is 2.18. The lowest BCUT2D eigenvalue weighted by atomic mass is 10.1. The van der Waals surface area contributed by atoms with Gasteiger partial charge in [-0.1, -0.05) is 23.7 Å². The molecular formula is C15H22Cl2N2OS. The number of nitrogens with zero attached hydrogens (tertiary/aromatic N) is 1. The fraction of sp³-hybridized carbons (Fsp3) is 0.533. The SMILES string of the molecule is CC1NCCN(C(=O)CSCc2cccc(Cl)c2)C1C.Cl. The molecule has 0 aromatic heterocycles. The Hall–Kier alpha value is -0.420. The van der Waals surface area contributed by atoms with Crippen LogP contribution in [0.2, 0.25) is 5.02 Å². The van der Waals surface area contributed by atoms with Crippen molar-refractivity contribution in [2.75, 3.05) is 18.8 Å². The van der Waals surface area contributed by atoms with Gasteiger partial charge < -0.3 is 10.2 Å². The quantitative estimate of drug-likeness (QED) is 0.906. The highest BCUT2D eigenvalue weighted by Gasteiger charge is 2.27. The van der Waals surface area contributed by atoms with E-state index in [0.29, 0.717) is 11.8 Å². The predicted octanol–water partition coefficient (Wildman–Crippen LogP) is 3.20. The predicted molar refractivity (Wildman–Crippen MR) is 93.5 cm³/mol. The van der Waals surface area contributed by atoms with Crippen LogP contribution in [-0.4, -0.2) is 41.7 Å². The van der Waals surface area contributed by atoms with E-state index in [4.69, 9.17) is 11.6 Å². The van der Waals surface area contributed by atoms with E-state index in [1.807, 2.05) is 29.2 Å². The number of thioether (sulfide) groups is 1. The van der Waals surface area contributed by atoms with Crippen LogP contribution >= 0.6 is 35.8 Å². The normalized spacial score (nSPS) is 21.8. The number of carbonyl (C=O) groups is 1. The van der Waals surface area contributed by atoms with Crippen LogP contribution in [0, 0.1) is 0 Å². The third-order valence-corrected chi connectivity index (χ3v) is 4.96. The van der Waals surface area contributed by atoms with Gasteiger partial charge in [-0.05, 0) is 31.5 Å². The summed E-state index contributed by atoms with van der Waals surface area (Å²) in [4.78, 5) is 14.3. The van der Waals surface area contributed by atoms with Crippen molar-refractivity contribution in [2.24, 2.45) is 0 Å². The summed E-state index contributed by atoms with van der Waals surface area (Å²) >= 11 is 7.60. The fourth-order valence-corrected chi connectivity index (χ4v) is 3.45. The Kier molecular flexibility index (Phi) is 7.88. The summed E-state index contributed by atoms with van der Waals surface area (Å²) < 4.78 is 0. The molecule has 0 radical (unpaired) electrons. The zero-order chi connectivity index (χ0) is 14.5. The van der Waals surface area contributed by atoms with Crippen LogP contribution in [0.3, 0.4) is 0 Å². The van der Waals surface area contributed by atoms with Gasteiger partial charge in [0, 0.05) is 35.9 Å². The number of hydrogen-bond acceptors (Lipinski definition) is 3. The summed E-state index contributed by atoms with van der Waals surface area (Å²) in [6.45, 7) is 5.93. The summed E-state index contributed by atoms with van der Waals surface area (Å²) in [6.07, 6.45) is 0. The molecule has 6 heteroatoms. The lowest BCUT2D eigenvalue weighted by molar-refractivity contribution is -0.131. The number of carbonyl (C=O) groups excluding carboxylic acids is 1. The van der Waals surface area contributed by atoms with E-state index in [9.17, 15) is 4.79 Å². The Bertz CT molecular complexity index is 473. The number of nitrogens with one attached hydrogen (secondary N) is 1. The van der Waals surface area contributed by atoms with Crippen molar-refractivity contribution in [3.8, 4) is 0 Å². The second-order valence-corrected chi connectivity index (χ2v) is 6.62. The first-order valence-corrected chi connectivity index (χ1v) is 8.46. The molecule has 1 aliphatic rings. The van der Waals surface area contributed by atoms with Crippen LogP contribution in [0.4, 0.5) is 0 Å². The molecule has 0 spiro atoms. The van der Waals surface area contributed by atoms with Crippen molar-refractivity contribution in [1.82, 2.24) is 10.2 Å². The van der Waals surface area contributed by atoms with Crippen LogP contribution in [0.1, 0.15) is 19.4 Å². The molecule has 1 amide bonds. The van der Waals surface area contributed by atoms with Crippen molar-refractivity contribution in [3.63, 3.8) is 0 Å². The monoisotopic (exact) mass is 348 g/mol. The van der Waals surface area contributed by atoms with Crippen LogP contribution in [0.5, 0.6) is 0 Å². The first-order valence-electron chi connectivity index (χ1n) is 6.93. The highest BCUT2D eigenvalue weighted by molar-refractivity contribution is 7.99. The fourth-order valence-electron chi connectivity index (χ4n) is 2.37. The van der Waals surface area contributed by atoms with Gasteiger partial charge >= 0.3 is 0 Å². The molecule has 1 saturated heterocycles. The van der Waals surface area contributed by atoms with Gasteiger partial charge in [-0.3, -0.25) is 4.79 Å². The number of benzene rings is 1. The minimum atomic E-state index is 0. The molecule has 1 fully saturated rings. The molecule has 2 unspecified atom stereocenters. The van der Waals surface area contributed by atoms with E-state index >= 15 is 0 Å². The lowest BCUT2D eigenvalue weighted by Crippen LogP contribution is -2.57. The Morgan fingerprint density at radius 2 is 2.24 bits per heavy atom. The van der Waals surface area contributed by atoms with Crippen LogP contribution < -0.4 is 5.32 Å². The lowest BCUT2D eigenvalue weighted by Gasteiger charge is -2.38. The number of piperazine rings is 1. The van der Waals surface area contributed by atoms with Gasteiger partial charge in [0.25, 0.3) is 0 Å². The zero-order valence-corrected chi connectivity index (χ0v) is 14.7. The van der Waals surface area contributed by atoms with Crippen molar-refractivity contribution >= 4 is 41.7 Å². The minimum Gasteiger partial charge on any atom is -0.336 e. The molecule has 1 aromatic carbocycles. The smallest absolute Gasteiger partial charge is 0.232 e. The van der Waals surface area contributed by atoms with E-state index in [0.717, 1.165) is 29.4 Å². The molecule has 0 aliphatic carbocycles. The van der Waals surface area contributed by atoms with Crippen LogP contribution in [-0.2, 0) is 10.5 Å². The zero-order valence-electron chi connectivity index (χ0n) is 12.3. The van der Waals surface area contributed by atoms with Gasteiger partial charge in [-0.25, -0.2) is 0 Å². The van der Waals surface area contributed by atoms with Crippen molar-refractivity contribution in [3.05, 3.63) is 34.9 Å². The van der Waals surface area contributed by atoms with Gasteiger partial charge in [0.2, 0.25) is 5.91 Å². The Balaban J connectivity index is 0.00000220. The standard InChI is InChI=1S/C15H21ClN2OS.ClH/c1-11-12(2)18(7-6-17-11)15(19)10-20-9-13-4-3-5-14(16)8-13;/h3-5,8,11-12,17H,6-7,9-10H2,1-2H3;1H. The molecule has 0 bridgehead atoms. The van der Waals surface area contributed by atoms with Crippen LogP contribution in [0.15, 0.2) is 24.3 Å². The average Bonchev–Trinajstić information content (AvgIpc) is 2.42. The van der Waals surface area contributed by atoms with Gasteiger partial charge in [-0.15, -0.1) is 24.2 Å². The third kappa shape index (κ3) is 5.37. The third-order valence-electron chi connectivity index (χ3n) is 3.74. The Morgan fingerprint density at radius 3 is 2.95 bits per heavy atom. The van der Waals surface area contributed by atoms with E-state index in [2.05, 4.69) is 19.2 Å². The molecule has 21 heavy (non-hydrogen) atoms. The van der Waals surface area contributed by atoms with Crippen molar-refractivity contribution in [1.29, 1.82) is 0 Å². The summed E-state index contributed by atoms with van der Waals surface area (Å²) in [7, 11) is 0. The largest absolute Gasteiger partial charge is 0.336 e. The molecule has 1 N–H and O–H groups in total. The summed E-state index contributed by atoms with van der Waals surface area (Å²) in [5.74, 6) is 1.59. The average molecular weight is 349 g/mol. The molecular weight excluding hydrogens is 327 g/mol. The van der Waals surface area contributed by atoms with Gasteiger partial charge in [0.15, 0.2) is 0 Å². The molecule has 1 heterocycles. The topological polar surface area (TPSA) is 32.3 Å². The molecule has 1 aliphatic heterocycles. The summed E-state index contributed by atoms with van der Waals surface area (Å²) in [5.41, 5.74) is 1.16. The maximum absolute atomic E-state index is 12.3. The second kappa shape index (κ2) is 8.89. The molecule has 0 saturated carbocycles. The number of amides is 1. The second-order valence-electron chi connectivity index (χ2n) is 5.19. The van der Waals surface area contributed by atoms with E-state index < -0.39 is 0 Å². The highest BCUT2D eigenvalue weighted by atomic mass is 35.5. The molecule has 118 valence electrons. The Morgan fingerprint density at radius 1 is 1.48 bits per heavy atom. The van der Waals surface area contributed by atoms with E-state index in [1.165, 1.54) is 0 Å². The number of halogens is 2. The first-order chi connectivity index (χ1) is 9.58. The molecule has 3 nitrogen and oxygen atoms in total. The summed E-state index contributed by atoms with van der Waals surface area (Å²) in [6, 6.07) is 8.44. The van der Waals surface area contributed by atoms with Gasteiger partial charge in [-0.2, -0.15) is 0 Å². The molecule has 2 atom stereocenters. The minimum absolute atomic E-state index is 0. The van der Waals surface area contributed by atoms with Crippen LogP contribution in [0.25, 0.3) is 0 Å². The van der Waals surface area contributed by atoms with Gasteiger partial charge in [0.1, 0.15) is 0 Å². The van der Waals surface area contributed by atoms with Crippen molar-refractivity contribution in [2.45, 2.75) is 31.7 Å². The van der Waals surface area contributed by atoms with E-state index in [-0.39, 0.29) is 24.4 Å². The number of hydrogen-bond donors (Lipinski definition) is 1. The summed E-state index contributed by atoms with van der Waals surface area (Å²) in [5, 5.41) is 4.14. The van der Waals surface area contributed by atoms with E-state index in [1.54, 1.807) is 11.8 Å². The Labute approximate surface area is 142 Å². The van der Waals surface area contributed by atoms with Gasteiger partial charge in [0.05, 0.1) is 5.75 Å². The number of rotatable bonds is 4. The molecule has 2 rings (SSSR count). The maximum atomic E-state index is 12.3. The van der Waals surface area contributed by atoms with Crippen molar-refractivity contribution < 1.29 is 4.79 Å².